The molecular formula is C15H25NO4. The molecule has 20 heavy (non-hydrogen) atoms. The van der Waals surface area contributed by atoms with Crippen LogP contribution < -0.4 is 0 Å². The highest BCUT2D eigenvalue weighted by atomic mass is 16.5. The summed E-state index contributed by atoms with van der Waals surface area (Å²) < 4.78 is 5.63. The summed E-state index contributed by atoms with van der Waals surface area (Å²) in [5, 5.41) is 9.18. The van der Waals surface area contributed by atoms with Gasteiger partial charge in [-0.3, -0.25) is 9.59 Å². The number of carboxylic acids is 1. The van der Waals surface area contributed by atoms with Crippen LogP contribution in [-0.2, 0) is 14.3 Å². The lowest BCUT2D eigenvalue weighted by molar-refractivity contribution is -0.153. The van der Waals surface area contributed by atoms with E-state index >= 15 is 0 Å². The molecule has 1 atom stereocenters. The molecule has 2 aliphatic rings. The number of amides is 1. The molecule has 1 unspecified atom stereocenters. The van der Waals surface area contributed by atoms with Crippen molar-refractivity contribution in [2.24, 2.45) is 5.41 Å². The van der Waals surface area contributed by atoms with Crippen LogP contribution in [-0.4, -0.2) is 47.7 Å². The maximum atomic E-state index is 12.1. The second-order valence-corrected chi connectivity index (χ2v) is 6.27. The molecule has 1 N–H and O–H groups in total. The lowest BCUT2D eigenvalue weighted by Crippen LogP contribution is -2.45. The van der Waals surface area contributed by atoms with E-state index < -0.39 is 11.4 Å². The molecule has 114 valence electrons. The van der Waals surface area contributed by atoms with E-state index in [1.54, 1.807) is 6.92 Å². The Morgan fingerprint density at radius 2 is 2.00 bits per heavy atom. The third-order valence-corrected chi connectivity index (χ3v) is 4.69. The van der Waals surface area contributed by atoms with Crippen LogP contribution >= 0.6 is 0 Å². The van der Waals surface area contributed by atoms with Gasteiger partial charge in [0.25, 0.3) is 0 Å². The normalized spacial score (nSPS) is 26.2. The van der Waals surface area contributed by atoms with Gasteiger partial charge in [0.05, 0.1) is 11.5 Å². The van der Waals surface area contributed by atoms with Crippen LogP contribution in [0.15, 0.2) is 0 Å². The molecule has 2 saturated heterocycles. The molecule has 2 rings (SSSR count). The van der Waals surface area contributed by atoms with Crippen molar-refractivity contribution in [3.8, 4) is 0 Å². The minimum Gasteiger partial charge on any atom is -0.481 e. The van der Waals surface area contributed by atoms with Crippen molar-refractivity contribution in [1.29, 1.82) is 0 Å². The van der Waals surface area contributed by atoms with E-state index in [0.717, 1.165) is 25.9 Å². The van der Waals surface area contributed by atoms with E-state index in [4.69, 9.17) is 4.74 Å². The van der Waals surface area contributed by atoms with Gasteiger partial charge in [-0.1, -0.05) is 0 Å². The molecule has 0 aliphatic carbocycles. The fraction of sp³-hybridized carbons (Fsp3) is 0.867. The summed E-state index contributed by atoms with van der Waals surface area (Å²) in [6, 6.07) is 0. The number of carbonyl (C=O) groups excluding carboxylic acids is 1. The minimum atomic E-state index is -0.750. The van der Waals surface area contributed by atoms with Gasteiger partial charge in [-0.15, -0.1) is 0 Å². The first-order chi connectivity index (χ1) is 9.51. The lowest BCUT2D eigenvalue weighted by Gasteiger charge is -2.36. The Balaban J connectivity index is 1.73. The van der Waals surface area contributed by atoms with Crippen LogP contribution in [0.4, 0.5) is 0 Å². The van der Waals surface area contributed by atoms with Gasteiger partial charge in [-0.25, -0.2) is 0 Å². The Bertz CT molecular complexity index is 355. The molecule has 2 fully saturated rings. The first kappa shape index (κ1) is 15.3. The standard InChI is InChI=1S/C15H25NO4/c1-15(14(18)19)7-9-16(10-8-15)13(17)6-5-12-4-2-3-11-20-12/h12H,2-11H2,1H3,(H,18,19). The maximum absolute atomic E-state index is 12.1. The topological polar surface area (TPSA) is 66.8 Å². The zero-order valence-electron chi connectivity index (χ0n) is 12.3. The Hall–Kier alpha value is -1.10. The summed E-state index contributed by atoms with van der Waals surface area (Å²) in [5.41, 5.74) is -0.663. The predicted molar refractivity (Wildman–Crippen MR) is 74.4 cm³/mol. The third-order valence-electron chi connectivity index (χ3n) is 4.69. The zero-order valence-corrected chi connectivity index (χ0v) is 12.3. The molecule has 2 heterocycles. The van der Waals surface area contributed by atoms with Crippen LogP contribution in [0, 0.1) is 5.41 Å². The molecule has 0 saturated carbocycles. The number of carbonyl (C=O) groups is 2. The number of aliphatic carboxylic acids is 1. The number of hydrogen-bond donors (Lipinski definition) is 1. The van der Waals surface area contributed by atoms with Gasteiger partial charge < -0.3 is 14.7 Å². The lowest BCUT2D eigenvalue weighted by atomic mass is 9.80. The quantitative estimate of drug-likeness (QED) is 0.857. The smallest absolute Gasteiger partial charge is 0.309 e. The number of piperidine rings is 1. The molecule has 2 aliphatic heterocycles. The molecule has 0 aromatic heterocycles. The van der Waals surface area contributed by atoms with Crippen LogP contribution in [0.1, 0.15) is 51.9 Å². The molecular weight excluding hydrogens is 258 g/mol. The van der Waals surface area contributed by atoms with Gasteiger partial charge in [0.1, 0.15) is 0 Å². The van der Waals surface area contributed by atoms with E-state index in [2.05, 4.69) is 0 Å². The Labute approximate surface area is 120 Å². The van der Waals surface area contributed by atoms with Crippen molar-refractivity contribution in [2.75, 3.05) is 19.7 Å². The number of rotatable bonds is 4. The molecule has 0 radical (unpaired) electrons. The summed E-state index contributed by atoms with van der Waals surface area (Å²) in [7, 11) is 0. The number of carboxylic acid groups (broad SMARTS) is 1. The highest BCUT2D eigenvalue weighted by molar-refractivity contribution is 5.78. The molecule has 0 aromatic rings. The maximum Gasteiger partial charge on any atom is 0.309 e. The van der Waals surface area contributed by atoms with Crippen molar-refractivity contribution >= 4 is 11.9 Å². The SMILES string of the molecule is CC1(C(=O)O)CCN(C(=O)CCC2CCCCO2)CC1. The van der Waals surface area contributed by atoms with E-state index in [1.807, 2.05) is 4.90 Å². The summed E-state index contributed by atoms with van der Waals surface area (Å²) in [6.07, 6.45) is 6.04. The van der Waals surface area contributed by atoms with Crippen LogP contribution in [0.25, 0.3) is 0 Å². The van der Waals surface area contributed by atoms with Crippen LogP contribution in [0.2, 0.25) is 0 Å². The summed E-state index contributed by atoms with van der Waals surface area (Å²) in [4.78, 5) is 25.1. The van der Waals surface area contributed by atoms with E-state index in [-0.39, 0.29) is 12.0 Å². The predicted octanol–water partition coefficient (Wildman–Crippen LogP) is 2.05. The van der Waals surface area contributed by atoms with Crippen molar-refractivity contribution < 1.29 is 19.4 Å². The Morgan fingerprint density at radius 1 is 1.30 bits per heavy atom. The van der Waals surface area contributed by atoms with Gasteiger partial charge >= 0.3 is 5.97 Å². The fourth-order valence-corrected chi connectivity index (χ4v) is 2.94. The largest absolute Gasteiger partial charge is 0.481 e. The number of nitrogens with zero attached hydrogens (tertiary/aromatic N) is 1. The van der Waals surface area contributed by atoms with Crippen LogP contribution in [0.5, 0.6) is 0 Å². The van der Waals surface area contributed by atoms with Crippen molar-refractivity contribution in [1.82, 2.24) is 4.90 Å². The zero-order chi connectivity index (χ0) is 14.6. The molecule has 5 nitrogen and oxygen atoms in total. The highest BCUT2D eigenvalue weighted by Gasteiger charge is 2.37. The van der Waals surface area contributed by atoms with E-state index in [0.29, 0.717) is 32.4 Å². The van der Waals surface area contributed by atoms with Crippen molar-refractivity contribution in [3.63, 3.8) is 0 Å². The Kier molecular flexibility index (Phi) is 5.02. The van der Waals surface area contributed by atoms with Gasteiger partial charge in [-0.05, 0) is 45.4 Å². The highest BCUT2D eigenvalue weighted by Crippen LogP contribution is 2.31. The molecule has 0 spiro atoms. The fourth-order valence-electron chi connectivity index (χ4n) is 2.94. The second kappa shape index (κ2) is 6.57. The summed E-state index contributed by atoms with van der Waals surface area (Å²) in [6.45, 7) is 3.72. The van der Waals surface area contributed by atoms with Gasteiger partial charge in [0.2, 0.25) is 5.91 Å². The number of likely N-dealkylation sites (tertiary alicyclic amines) is 1. The van der Waals surface area contributed by atoms with Gasteiger partial charge in [0.15, 0.2) is 0 Å². The minimum absolute atomic E-state index is 0.145. The molecule has 0 bridgehead atoms. The molecule has 5 heteroatoms. The summed E-state index contributed by atoms with van der Waals surface area (Å²) in [5.74, 6) is -0.605. The van der Waals surface area contributed by atoms with Gasteiger partial charge in [-0.2, -0.15) is 0 Å². The van der Waals surface area contributed by atoms with Crippen molar-refractivity contribution in [2.45, 2.75) is 58.0 Å². The first-order valence-electron chi connectivity index (χ1n) is 7.64. The number of hydrogen-bond acceptors (Lipinski definition) is 3. The summed E-state index contributed by atoms with van der Waals surface area (Å²) >= 11 is 0. The monoisotopic (exact) mass is 283 g/mol. The van der Waals surface area contributed by atoms with E-state index in [1.165, 1.54) is 6.42 Å². The first-order valence-corrected chi connectivity index (χ1v) is 7.64. The second-order valence-electron chi connectivity index (χ2n) is 6.27. The van der Waals surface area contributed by atoms with Gasteiger partial charge in [0, 0.05) is 26.1 Å². The third kappa shape index (κ3) is 3.72. The Morgan fingerprint density at radius 3 is 2.55 bits per heavy atom. The number of ether oxygens (including phenoxy) is 1. The average molecular weight is 283 g/mol. The molecule has 0 aromatic carbocycles. The average Bonchev–Trinajstić information content (AvgIpc) is 2.46. The van der Waals surface area contributed by atoms with E-state index in [9.17, 15) is 14.7 Å². The van der Waals surface area contributed by atoms with Crippen molar-refractivity contribution in [3.05, 3.63) is 0 Å². The van der Waals surface area contributed by atoms with Crippen LogP contribution in [0.3, 0.4) is 0 Å². The molecule has 1 amide bonds.